The first-order valence-corrected chi connectivity index (χ1v) is 5.49. The van der Waals surface area contributed by atoms with E-state index in [1.165, 1.54) is 31.2 Å². The van der Waals surface area contributed by atoms with Crippen LogP contribution in [-0.4, -0.2) is 11.0 Å². The van der Waals surface area contributed by atoms with Gasteiger partial charge in [-0.3, -0.25) is 4.98 Å². The van der Waals surface area contributed by atoms with E-state index in [9.17, 15) is 0 Å². The zero-order valence-electron chi connectivity index (χ0n) is 8.52. The zero-order valence-corrected chi connectivity index (χ0v) is 8.52. The lowest BCUT2D eigenvalue weighted by atomic mass is 9.80. The molecule has 1 aromatic heterocycles. The van der Waals surface area contributed by atoms with Crippen LogP contribution < -0.4 is 5.73 Å². The molecule has 0 aliphatic heterocycles. The Morgan fingerprint density at radius 2 is 2.07 bits per heavy atom. The van der Waals surface area contributed by atoms with Gasteiger partial charge in [0, 0.05) is 18.4 Å². The van der Waals surface area contributed by atoms with E-state index in [0.29, 0.717) is 6.04 Å². The van der Waals surface area contributed by atoms with Crippen LogP contribution in [0, 0.1) is 5.92 Å². The predicted molar refractivity (Wildman–Crippen MR) is 57.9 cm³/mol. The highest BCUT2D eigenvalue weighted by Crippen LogP contribution is 2.30. The minimum Gasteiger partial charge on any atom is -0.327 e. The van der Waals surface area contributed by atoms with Crippen LogP contribution in [0.2, 0.25) is 0 Å². The molecule has 1 heterocycles. The number of nitrogens with zero attached hydrogens (tertiary/aromatic N) is 1. The lowest BCUT2D eigenvalue weighted by Gasteiger charge is -2.28. The molecule has 1 aromatic rings. The van der Waals surface area contributed by atoms with Crippen molar-refractivity contribution >= 4 is 0 Å². The van der Waals surface area contributed by atoms with Crippen molar-refractivity contribution in [3.63, 3.8) is 0 Å². The summed E-state index contributed by atoms with van der Waals surface area (Å²) in [6.07, 6.45) is 10.1. The second kappa shape index (κ2) is 4.56. The molecule has 2 N–H and O–H groups in total. The number of pyridine rings is 1. The standard InChI is InChI=1S/C12H18N2/c13-12(8-10-2-1-3-10)9-11-4-6-14-7-5-11/h4-7,10,12H,1-3,8-9,13H2. The first-order chi connectivity index (χ1) is 6.84. The third-order valence-electron chi connectivity index (χ3n) is 3.11. The van der Waals surface area contributed by atoms with Crippen LogP contribution >= 0.6 is 0 Å². The van der Waals surface area contributed by atoms with Crippen molar-refractivity contribution in [2.45, 2.75) is 38.1 Å². The molecule has 1 saturated carbocycles. The third-order valence-corrected chi connectivity index (χ3v) is 3.11. The number of hydrogen-bond donors (Lipinski definition) is 1. The van der Waals surface area contributed by atoms with Crippen LogP contribution in [-0.2, 0) is 6.42 Å². The summed E-state index contributed by atoms with van der Waals surface area (Å²) in [4.78, 5) is 4.00. The van der Waals surface area contributed by atoms with E-state index in [1.807, 2.05) is 12.4 Å². The molecule has 2 heteroatoms. The van der Waals surface area contributed by atoms with E-state index in [2.05, 4.69) is 17.1 Å². The molecule has 14 heavy (non-hydrogen) atoms. The fourth-order valence-electron chi connectivity index (χ4n) is 2.06. The van der Waals surface area contributed by atoms with Gasteiger partial charge in [-0.15, -0.1) is 0 Å². The van der Waals surface area contributed by atoms with E-state index < -0.39 is 0 Å². The minimum absolute atomic E-state index is 0.336. The summed E-state index contributed by atoms with van der Waals surface area (Å²) in [5.74, 6) is 0.909. The lowest BCUT2D eigenvalue weighted by molar-refractivity contribution is 0.275. The van der Waals surface area contributed by atoms with Gasteiger partial charge < -0.3 is 5.73 Å². The molecule has 1 unspecified atom stereocenters. The van der Waals surface area contributed by atoms with Gasteiger partial charge in [-0.2, -0.15) is 0 Å². The largest absolute Gasteiger partial charge is 0.327 e. The van der Waals surface area contributed by atoms with Gasteiger partial charge in [0.2, 0.25) is 0 Å². The Bertz CT molecular complexity index is 267. The predicted octanol–water partition coefficient (Wildman–Crippen LogP) is 2.14. The molecule has 0 spiro atoms. The van der Waals surface area contributed by atoms with Gasteiger partial charge in [-0.1, -0.05) is 19.3 Å². The second-order valence-electron chi connectivity index (χ2n) is 4.35. The molecule has 76 valence electrons. The van der Waals surface area contributed by atoms with Crippen molar-refractivity contribution in [2.24, 2.45) is 11.7 Å². The first kappa shape index (κ1) is 9.66. The Hall–Kier alpha value is -0.890. The Kier molecular flexibility index (Phi) is 3.14. The highest BCUT2D eigenvalue weighted by Gasteiger charge is 2.20. The molecule has 0 radical (unpaired) electrons. The van der Waals surface area contributed by atoms with Crippen LogP contribution in [0.3, 0.4) is 0 Å². The van der Waals surface area contributed by atoms with Crippen molar-refractivity contribution in [1.29, 1.82) is 0 Å². The monoisotopic (exact) mass is 190 g/mol. The van der Waals surface area contributed by atoms with Crippen LogP contribution in [0.1, 0.15) is 31.2 Å². The smallest absolute Gasteiger partial charge is 0.0270 e. The summed E-state index contributed by atoms with van der Waals surface area (Å²) < 4.78 is 0. The number of rotatable bonds is 4. The molecular weight excluding hydrogens is 172 g/mol. The lowest BCUT2D eigenvalue weighted by Crippen LogP contribution is -2.28. The van der Waals surface area contributed by atoms with Gasteiger partial charge in [0.05, 0.1) is 0 Å². The molecule has 1 atom stereocenters. The van der Waals surface area contributed by atoms with Crippen LogP contribution in [0.15, 0.2) is 24.5 Å². The quantitative estimate of drug-likeness (QED) is 0.790. The average molecular weight is 190 g/mol. The van der Waals surface area contributed by atoms with E-state index in [4.69, 9.17) is 5.73 Å². The Labute approximate surface area is 85.5 Å². The SMILES string of the molecule is NC(Cc1ccncc1)CC1CCC1. The molecule has 2 nitrogen and oxygen atoms in total. The fourth-order valence-corrected chi connectivity index (χ4v) is 2.06. The highest BCUT2D eigenvalue weighted by molar-refractivity contribution is 5.11. The Morgan fingerprint density at radius 1 is 1.36 bits per heavy atom. The van der Waals surface area contributed by atoms with Crippen molar-refractivity contribution in [3.8, 4) is 0 Å². The number of hydrogen-bond acceptors (Lipinski definition) is 2. The van der Waals surface area contributed by atoms with Gasteiger partial charge in [-0.05, 0) is 36.5 Å². The molecule has 2 rings (SSSR count). The van der Waals surface area contributed by atoms with E-state index in [0.717, 1.165) is 12.3 Å². The summed E-state index contributed by atoms with van der Waals surface area (Å²) >= 11 is 0. The van der Waals surface area contributed by atoms with Crippen molar-refractivity contribution in [1.82, 2.24) is 4.98 Å². The van der Waals surface area contributed by atoms with Crippen LogP contribution in [0.5, 0.6) is 0 Å². The van der Waals surface area contributed by atoms with E-state index in [-0.39, 0.29) is 0 Å². The topological polar surface area (TPSA) is 38.9 Å². The maximum Gasteiger partial charge on any atom is 0.0270 e. The highest BCUT2D eigenvalue weighted by atomic mass is 14.6. The van der Waals surface area contributed by atoms with Crippen molar-refractivity contribution in [2.75, 3.05) is 0 Å². The van der Waals surface area contributed by atoms with Crippen LogP contribution in [0.4, 0.5) is 0 Å². The normalized spacial score (nSPS) is 18.9. The second-order valence-corrected chi connectivity index (χ2v) is 4.35. The maximum atomic E-state index is 6.10. The number of aromatic nitrogens is 1. The fraction of sp³-hybridized carbons (Fsp3) is 0.583. The van der Waals surface area contributed by atoms with E-state index in [1.54, 1.807) is 0 Å². The minimum atomic E-state index is 0.336. The third kappa shape index (κ3) is 2.55. The molecular formula is C12H18N2. The summed E-state index contributed by atoms with van der Waals surface area (Å²) in [5, 5.41) is 0. The van der Waals surface area contributed by atoms with Gasteiger partial charge in [0.15, 0.2) is 0 Å². The Balaban J connectivity index is 1.79. The maximum absolute atomic E-state index is 6.10. The molecule has 1 aliphatic rings. The first-order valence-electron chi connectivity index (χ1n) is 5.49. The van der Waals surface area contributed by atoms with Gasteiger partial charge in [0.25, 0.3) is 0 Å². The summed E-state index contributed by atoms with van der Waals surface area (Å²) in [6.45, 7) is 0. The summed E-state index contributed by atoms with van der Waals surface area (Å²) in [7, 11) is 0. The molecule has 0 amide bonds. The summed E-state index contributed by atoms with van der Waals surface area (Å²) in [5.41, 5.74) is 7.41. The summed E-state index contributed by atoms with van der Waals surface area (Å²) in [6, 6.07) is 4.45. The molecule has 0 aromatic carbocycles. The van der Waals surface area contributed by atoms with E-state index >= 15 is 0 Å². The molecule has 0 saturated heterocycles. The van der Waals surface area contributed by atoms with Crippen molar-refractivity contribution < 1.29 is 0 Å². The van der Waals surface area contributed by atoms with Gasteiger partial charge in [-0.25, -0.2) is 0 Å². The average Bonchev–Trinajstić information content (AvgIpc) is 2.13. The van der Waals surface area contributed by atoms with Crippen LogP contribution in [0.25, 0.3) is 0 Å². The molecule has 1 fully saturated rings. The molecule has 1 aliphatic carbocycles. The van der Waals surface area contributed by atoms with Gasteiger partial charge >= 0.3 is 0 Å². The number of nitrogens with two attached hydrogens (primary N) is 1. The Morgan fingerprint density at radius 3 is 2.64 bits per heavy atom. The van der Waals surface area contributed by atoms with Crippen molar-refractivity contribution in [3.05, 3.63) is 30.1 Å². The molecule has 0 bridgehead atoms. The van der Waals surface area contributed by atoms with Gasteiger partial charge in [0.1, 0.15) is 0 Å². The zero-order chi connectivity index (χ0) is 9.80.